The van der Waals surface area contributed by atoms with Gasteiger partial charge in [0.15, 0.2) is 5.96 Å². The van der Waals surface area contributed by atoms with Gasteiger partial charge in [0.2, 0.25) is 0 Å². The van der Waals surface area contributed by atoms with Crippen molar-refractivity contribution in [1.29, 1.82) is 0 Å². The standard InChI is InChI=1S/C21H37N5.HI/c1-18-9-5-6-13-26(18)14-8-12-23-21(22-2)24-16-19-10-7-11-20(15-19)17-25(3)4;/h7,10-11,15,18H,5-6,8-9,12-14,16-17H2,1-4H3,(H2,22,23,24);1H. The molecule has 0 radical (unpaired) electrons. The predicted octanol–water partition coefficient (Wildman–Crippen LogP) is 3.30. The Morgan fingerprint density at radius 1 is 1.22 bits per heavy atom. The normalized spacial score (nSPS) is 18.3. The quantitative estimate of drug-likeness (QED) is 0.256. The van der Waals surface area contributed by atoms with Crippen LogP contribution in [0.4, 0.5) is 0 Å². The fourth-order valence-corrected chi connectivity index (χ4v) is 3.59. The summed E-state index contributed by atoms with van der Waals surface area (Å²) in [6.07, 6.45) is 5.25. The lowest BCUT2D eigenvalue weighted by molar-refractivity contribution is 0.159. The van der Waals surface area contributed by atoms with Crippen LogP contribution in [-0.2, 0) is 13.1 Å². The number of hydrogen-bond acceptors (Lipinski definition) is 3. The Morgan fingerprint density at radius 2 is 2.00 bits per heavy atom. The predicted molar refractivity (Wildman–Crippen MR) is 127 cm³/mol. The highest BCUT2D eigenvalue weighted by atomic mass is 127. The van der Waals surface area contributed by atoms with Crippen molar-refractivity contribution in [3.63, 3.8) is 0 Å². The zero-order valence-electron chi connectivity index (χ0n) is 17.5. The third kappa shape index (κ3) is 9.25. The van der Waals surface area contributed by atoms with Crippen molar-refractivity contribution in [3.05, 3.63) is 35.4 Å². The van der Waals surface area contributed by atoms with Crippen molar-refractivity contribution in [2.45, 2.75) is 51.7 Å². The third-order valence-corrected chi connectivity index (χ3v) is 5.03. The molecule has 1 unspecified atom stereocenters. The summed E-state index contributed by atoms with van der Waals surface area (Å²) in [5.41, 5.74) is 2.63. The number of rotatable bonds is 8. The SMILES string of the molecule is CN=C(NCCCN1CCCCC1C)NCc1cccc(CN(C)C)c1.I. The van der Waals surface area contributed by atoms with Crippen LogP contribution in [0.15, 0.2) is 29.3 Å². The van der Waals surface area contributed by atoms with Gasteiger partial charge in [-0.1, -0.05) is 30.7 Å². The topological polar surface area (TPSA) is 42.9 Å². The lowest BCUT2D eigenvalue weighted by atomic mass is 10.0. The number of benzene rings is 1. The smallest absolute Gasteiger partial charge is 0.191 e. The van der Waals surface area contributed by atoms with Crippen LogP contribution >= 0.6 is 24.0 Å². The summed E-state index contributed by atoms with van der Waals surface area (Å²) in [7, 11) is 6.03. The number of aliphatic imine (C=N–C) groups is 1. The molecule has 0 aromatic heterocycles. The van der Waals surface area contributed by atoms with Gasteiger partial charge in [-0.05, 0) is 58.0 Å². The fourth-order valence-electron chi connectivity index (χ4n) is 3.59. The van der Waals surface area contributed by atoms with Crippen molar-refractivity contribution < 1.29 is 0 Å². The van der Waals surface area contributed by atoms with Gasteiger partial charge in [-0.25, -0.2) is 0 Å². The van der Waals surface area contributed by atoms with Crippen molar-refractivity contribution in [2.75, 3.05) is 40.8 Å². The van der Waals surface area contributed by atoms with E-state index >= 15 is 0 Å². The van der Waals surface area contributed by atoms with E-state index in [1.807, 2.05) is 7.05 Å². The minimum Gasteiger partial charge on any atom is -0.356 e. The minimum absolute atomic E-state index is 0. The van der Waals surface area contributed by atoms with Crippen molar-refractivity contribution in [1.82, 2.24) is 20.4 Å². The molecule has 6 heteroatoms. The Morgan fingerprint density at radius 3 is 2.70 bits per heavy atom. The minimum atomic E-state index is 0. The van der Waals surface area contributed by atoms with Gasteiger partial charge in [0.1, 0.15) is 0 Å². The summed E-state index contributed by atoms with van der Waals surface area (Å²) in [4.78, 5) is 9.16. The number of likely N-dealkylation sites (tertiary alicyclic amines) is 1. The van der Waals surface area contributed by atoms with E-state index in [4.69, 9.17) is 0 Å². The molecule has 2 N–H and O–H groups in total. The molecule has 1 saturated heterocycles. The van der Waals surface area contributed by atoms with E-state index in [-0.39, 0.29) is 24.0 Å². The number of hydrogen-bond donors (Lipinski definition) is 2. The van der Waals surface area contributed by atoms with Gasteiger partial charge in [-0.2, -0.15) is 0 Å². The van der Waals surface area contributed by atoms with Crippen LogP contribution in [0.5, 0.6) is 0 Å². The molecule has 0 spiro atoms. The summed E-state index contributed by atoms with van der Waals surface area (Å²) in [5.74, 6) is 0.884. The summed E-state index contributed by atoms with van der Waals surface area (Å²) in [6, 6.07) is 9.48. The monoisotopic (exact) mass is 487 g/mol. The number of halogens is 1. The van der Waals surface area contributed by atoms with Crippen LogP contribution in [-0.4, -0.2) is 62.6 Å². The zero-order valence-corrected chi connectivity index (χ0v) is 19.8. The van der Waals surface area contributed by atoms with Crippen LogP contribution in [0.3, 0.4) is 0 Å². The molecule has 1 fully saturated rings. The average Bonchev–Trinajstić information content (AvgIpc) is 2.62. The van der Waals surface area contributed by atoms with Crippen molar-refractivity contribution >= 4 is 29.9 Å². The van der Waals surface area contributed by atoms with Crippen LogP contribution in [0.1, 0.15) is 43.7 Å². The number of piperidine rings is 1. The molecule has 5 nitrogen and oxygen atoms in total. The lowest BCUT2D eigenvalue weighted by Crippen LogP contribution is -2.41. The number of nitrogens with one attached hydrogen (secondary N) is 2. The van der Waals surface area contributed by atoms with Gasteiger partial charge < -0.3 is 20.4 Å². The van der Waals surface area contributed by atoms with Gasteiger partial charge in [0, 0.05) is 39.3 Å². The molecule has 0 bridgehead atoms. The molecule has 1 aromatic rings. The van der Waals surface area contributed by atoms with E-state index in [2.05, 4.69) is 70.7 Å². The maximum Gasteiger partial charge on any atom is 0.191 e. The summed E-state index contributed by atoms with van der Waals surface area (Å²) in [5, 5.41) is 6.87. The maximum absolute atomic E-state index is 4.35. The molecule has 0 saturated carbocycles. The molecule has 0 amide bonds. The molecule has 1 aliphatic heterocycles. The van der Waals surface area contributed by atoms with Crippen molar-refractivity contribution in [3.8, 4) is 0 Å². The first-order chi connectivity index (χ1) is 12.6. The van der Waals surface area contributed by atoms with Crippen molar-refractivity contribution in [2.24, 2.45) is 4.99 Å². The molecule has 1 atom stereocenters. The van der Waals surface area contributed by atoms with E-state index < -0.39 is 0 Å². The van der Waals surface area contributed by atoms with E-state index in [9.17, 15) is 0 Å². The zero-order chi connectivity index (χ0) is 18.8. The molecule has 0 aliphatic carbocycles. The second-order valence-electron chi connectivity index (χ2n) is 7.64. The van der Waals surface area contributed by atoms with E-state index in [1.165, 1.54) is 43.5 Å². The van der Waals surface area contributed by atoms with E-state index in [1.54, 1.807) is 0 Å². The maximum atomic E-state index is 4.35. The first kappa shape index (κ1) is 24.2. The van der Waals surface area contributed by atoms with Gasteiger partial charge in [0.25, 0.3) is 0 Å². The highest BCUT2D eigenvalue weighted by Crippen LogP contribution is 2.16. The Hall–Kier alpha value is -0.860. The summed E-state index contributed by atoms with van der Waals surface area (Å²) < 4.78 is 0. The fraction of sp³-hybridized carbons (Fsp3) is 0.667. The molecule has 1 heterocycles. The largest absolute Gasteiger partial charge is 0.356 e. The first-order valence-electron chi connectivity index (χ1n) is 9.99. The summed E-state index contributed by atoms with van der Waals surface area (Å²) in [6.45, 7) is 7.52. The molecular formula is C21H38IN5. The molecule has 1 aliphatic rings. The average molecular weight is 487 g/mol. The van der Waals surface area contributed by atoms with E-state index in [0.717, 1.165) is 38.1 Å². The van der Waals surface area contributed by atoms with Gasteiger partial charge in [-0.15, -0.1) is 24.0 Å². The van der Waals surface area contributed by atoms with E-state index in [0.29, 0.717) is 0 Å². The molecular weight excluding hydrogens is 449 g/mol. The number of guanidine groups is 1. The Balaban J connectivity index is 0.00000364. The van der Waals surface area contributed by atoms with Gasteiger partial charge in [0.05, 0.1) is 0 Å². The number of nitrogens with zero attached hydrogens (tertiary/aromatic N) is 3. The van der Waals surface area contributed by atoms with Crippen LogP contribution in [0.2, 0.25) is 0 Å². The molecule has 154 valence electrons. The van der Waals surface area contributed by atoms with Gasteiger partial charge in [-0.3, -0.25) is 4.99 Å². The van der Waals surface area contributed by atoms with Crippen LogP contribution in [0, 0.1) is 0 Å². The molecule has 27 heavy (non-hydrogen) atoms. The van der Waals surface area contributed by atoms with Crippen LogP contribution < -0.4 is 10.6 Å². The lowest BCUT2D eigenvalue weighted by Gasteiger charge is -2.33. The Bertz CT molecular complexity index is 561. The second-order valence-corrected chi connectivity index (χ2v) is 7.64. The highest BCUT2D eigenvalue weighted by molar-refractivity contribution is 14.0. The highest BCUT2D eigenvalue weighted by Gasteiger charge is 2.17. The molecule has 1 aromatic carbocycles. The molecule has 2 rings (SSSR count). The summed E-state index contributed by atoms with van der Waals surface area (Å²) >= 11 is 0. The Labute approximate surface area is 183 Å². The first-order valence-corrected chi connectivity index (χ1v) is 9.99. The van der Waals surface area contributed by atoms with Gasteiger partial charge >= 0.3 is 0 Å². The Kier molecular flexibility index (Phi) is 11.9. The third-order valence-electron chi connectivity index (χ3n) is 5.03. The van der Waals surface area contributed by atoms with Crippen LogP contribution in [0.25, 0.3) is 0 Å². The second kappa shape index (κ2) is 13.3.